The number of piperazine rings is 1. The number of anilines is 1. The average Bonchev–Trinajstić information content (AvgIpc) is 3.07. The summed E-state index contributed by atoms with van der Waals surface area (Å²) in [6.45, 7) is 3.74. The molecular weight excluding hydrogens is 304 g/mol. The first-order valence-electron chi connectivity index (χ1n) is 8.47. The van der Waals surface area contributed by atoms with Crippen LogP contribution in [0.4, 0.5) is 5.95 Å². The lowest BCUT2D eigenvalue weighted by Gasteiger charge is -2.37. The number of aromatic nitrogens is 2. The summed E-state index contributed by atoms with van der Waals surface area (Å²) in [5.41, 5.74) is 1.03. The second kappa shape index (κ2) is 6.19. The number of carbonyl (C=O) groups excluding carboxylic acids is 1. The number of nitrogens with zero attached hydrogens (tertiary/aromatic N) is 4. The Hall–Kier alpha value is -2.50. The van der Waals surface area contributed by atoms with Gasteiger partial charge in [0.25, 0.3) is 0 Å². The first-order valence-corrected chi connectivity index (χ1v) is 8.47. The first-order chi connectivity index (χ1) is 11.7. The number of hydrogen-bond acceptors (Lipinski definition) is 4. The van der Waals surface area contributed by atoms with Crippen molar-refractivity contribution in [3.8, 4) is 5.75 Å². The maximum atomic E-state index is 13.0. The van der Waals surface area contributed by atoms with Crippen LogP contribution in [0.25, 0.3) is 0 Å². The molecule has 1 aromatic heterocycles. The van der Waals surface area contributed by atoms with Crippen molar-refractivity contribution in [1.29, 1.82) is 0 Å². The molecule has 4 rings (SSSR count). The van der Waals surface area contributed by atoms with E-state index in [4.69, 9.17) is 4.74 Å². The topological polar surface area (TPSA) is 50.6 Å². The van der Waals surface area contributed by atoms with Crippen LogP contribution in [-0.2, 0) is 11.8 Å². The van der Waals surface area contributed by atoms with Crippen LogP contribution in [0.5, 0.6) is 5.75 Å². The number of fused-ring (bicyclic) bond motifs is 1. The fourth-order valence-corrected chi connectivity index (χ4v) is 3.61. The molecule has 0 radical (unpaired) electrons. The summed E-state index contributed by atoms with van der Waals surface area (Å²) in [7, 11) is 2.00. The van der Waals surface area contributed by atoms with Gasteiger partial charge >= 0.3 is 0 Å². The summed E-state index contributed by atoms with van der Waals surface area (Å²) in [5.74, 6) is 1.98. The smallest absolute Gasteiger partial charge is 0.230 e. The summed E-state index contributed by atoms with van der Waals surface area (Å²) in [5, 5.41) is 0. The summed E-state index contributed by atoms with van der Waals surface area (Å²) < 4.78 is 7.70. The predicted octanol–water partition coefficient (Wildman–Crippen LogP) is 1.64. The second-order valence-corrected chi connectivity index (χ2v) is 6.38. The van der Waals surface area contributed by atoms with Gasteiger partial charge in [-0.25, -0.2) is 4.98 Å². The molecule has 3 heterocycles. The normalized spacial score (nSPS) is 20.5. The van der Waals surface area contributed by atoms with Crippen molar-refractivity contribution in [2.24, 2.45) is 7.05 Å². The third-order valence-electron chi connectivity index (χ3n) is 4.93. The Labute approximate surface area is 141 Å². The molecule has 1 aromatic carbocycles. The van der Waals surface area contributed by atoms with Gasteiger partial charge in [-0.1, -0.05) is 18.2 Å². The Balaban J connectivity index is 1.45. The monoisotopic (exact) mass is 326 g/mol. The van der Waals surface area contributed by atoms with E-state index >= 15 is 0 Å². The van der Waals surface area contributed by atoms with E-state index in [1.165, 1.54) is 0 Å². The largest absolute Gasteiger partial charge is 0.493 e. The Morgan fingerprint density at radius 2 is 2.00 bits per heavy atom. The fraction of sp³-hybridized carbons (Fsp3) is 0.444. The quantitative estimate of drug-likeness (QED) is 0.842. The molecule has 0 bridgehead atoms. The SMILES string of the molecule is Cn1ccnc1N1CCN(C(=O)[C@@H]2CCOc3ccccc32)CC1. The van der Waals surface area contributed by atoms with E-state index in [9.17, 15) is 4.79 Å². The second-order valence-electron chi connectivity index (χ2n) is 6.38. The Morgan fingerprint density at radius 3 is 2.75 bits per heavy atom. The number of rotatable bonds is 2. The van der Waals surface area contributed by atoms with E-state index in [2.05, 4.69) is 9.88 Å². The zero-order chi connectivity index (χ0) is 16.5. The van der Waals surface area contributed by atoms with Gasteiger partial charge in [0.15, 0.2) is 0 Å². The molecule has 1 saturated heterocycles. The van der Waals surface area contributed by atoms with Crippen LogP contribution in [0.15, 0.2) is 36.7 Å². The summed E-state index contributed by atoms with van der Waals surface area (Å²) in [6.07, 6.45) is 4.52. The maximum absolute atomic E-state index is 13.0. The lowest BCUT2D eigenvalue weighted by Crippen LogP contribution is -2.51. The lowest BCUT2D eigenvalue weighted by atomic mass is 9.91. The van der Waals surface area contributed by atoms with Crippen molar-refractivity contribution in [2.75, 3.05) is 37.7 Å². The van der Waals surface area contributed by atoms with Crippen molar-refractivity contribution in [2.45, 2.75) is 12.3 Å². The molecule has 2 aromatic rings. The first kappa shape index (κ1) is 15.1. The number of aryl methyl sites for hydroxylation is 1. The van der Waals surface area contributed by atoms with Gasteiger partial charge in [0.2, 0.25) is 11.9 Å². The Bertz CT molecular complexity index is 734. The van der Waals surface area contributed by atoms with Crippen LogP contribution in [0.3, 0.4) is 0 Å². The highest BCUT2D eigenvalue weighted by atomic mass is 16.5. The minimum absolute atomic E-state index is 0.0744. The van der Waals surface area contributed by atoms with E-state index in [0.29, 0.717) is 6.61 Å². The van der Waals surface area contributed by atoms with Crippen LogP contribution in [-0.4, -0.2) is 53.1 Å². The molecule has 0 spiro atoms. The van der Waals surface area contributed by atoms with Gasteiger partial charge < -0.3 is 19.1 Å². The molecule has 0 saturated carbocycles. The number of ether oxygens (including phenoxy) is 1. The van der Waals surface area contributed by atoms with E-state index in [0.717, 1.165) is 49.9 Å². The zero-order valence-corrected chi connectivity index (χ0v) is 13.9. The molecule has 6 heteroatoms. The third-order valence-corrected chi connectivity index (χ3v) is 4.93. The fourth-order valence-electron chi connectivity index (χ4n) is 3.61. The van der Waals surface area contributed by atoms with Gasteiger partial charge in [0.1, 0.15) is 5.75 Å². The molecule has 126 valence electrons. The van der Waals surface area contributed by atoms with E-state index in [-0.39, 0.29) is 11.8 Å². The molecule has 1 atom stereocenters. The Kier molecular flexibility index (Phi) is 3.88. The van der Waals surface area contributed by atoms with Gasteiger partial charge in [0.05, 0.1) is 12.5 Å². The summed E-state index contributed by atoms with van der Waals surface area (Å²) >= 11 is 0. The van der Waals surface area contributed by atoms with Gasteiger partial charge in [-0.15, -0.1) is 0 Å². The minimum atomic E-state index is -0.0744. The van der Waals surface area contributed by atoms with Crippen molar-refractivity contribution in [3.63, 3.8) is 0 Å². The molecule has 1 amide bonds. The van der Waals surface area contributed by atoms with E-state index in [1.54, 1.807) is 0 Å². The van der Waals surface area contributed by atoms with Crippen molar-refractivity contribution in [3.05, 3.63) is 42.2 Å². The van der Waals surface area contributed by atoms with Crippen molar-refractivity contribution in [1.82, 2.24) is 14.5 Å². The zero-order valence-electron chi connectivity index (χ0n) is 13.9. The molecular formula is C18H22N4O2. The molecule has 0 unspecified atom stereocenters. The molecule has 0 N–H and O–H groups in total. The van der Waals surface area contributed by atoms with E-state index < -0.39 is 0 Å². The number of benzene rings is 1. The van der Waals surface area contributed by atoms with Crippen LogP contribution in [0.1, 0.15) is 17.9 Å². The van der Waals surface area contributed by atoms with Gasteiger partial charge in [-0.2, -0.15) is 0 Å². The van der Waals surface area contributed by atoms with Gasteiger partial charge in [0, 0.05) is 51.2 Å². The average molecular weight is 326 g/mol. The Morgan fingerprint density at radius 1 is 1.21 bits per heavy atom. The number of imidazole rings is 1. The highest BCUT2D eigenvalue weighted by molar-refractivity contribution is 5.85. The molecule has 0 aliphatic carbocycles. The lowest BCUT2D eigenvalue weighted by molar-refractivity contribution is -0.133. The summed E-state index contributed by atoms with van der Waals surface area (Å²) in [4.78, 5) is 21.6. The number of carbonyl (C=O) groups is 1. The summed E-state index contributed by atoms with van der Waals surface area (Å²) in [6, 6.07) is 7.90. The predicted molar refractivity (Wildman–Crippen MR) is 91.3 cm³/mol. The maximum Gasteiger partial charge on any atom is 0.230 e. The molecule has 2 aliphatic heterocycles. The third kappa shape index (κ3) is 2.62. The molecule has 2 aliphatic rings. The minimum Gasteiger partial charge on any atom is -0.493 e. The number of hydrogen-bond donors (Lipinski definition) is 0. The highest BCUT2D eigenvalue weighted by Gasteiger charge is 2.32. The van der Waals surface area contributed by atoms with Gasteiger partial charge in [-0.05, 0) is 12.5 Å². The van der Waals surface area contributed by atoms with Crippen LogP contribution in [0, 0.1) is 0 Å². The molecule has 1 fully saturated rings. The molecule has 24 heavy (non-hydrogen) atoms. The number of para-hydroxylation sites is 1. The number of amides is 1. The van der Waals surface area contributed by atoms with Crippen LogP contribution in [0.2, 0.25) is 0 Å². The highest BCUT2D eigenvalue weighted by Crippen LogP contribution is 2.34. The van der Waals surface area contributed by atoms with Crippen molar-refractivity contribution >= 4 is 11.9 Å². The molecule has 6 nitrogen and oxygen atoms in total. The van der Waals surface area contributed by atoms with Crippen LogP contribution < -0.4 is 9.64 Å². The van der Waals surface area contributed by atoms with Crippen LogP contribution >= 0.6 is 0 Å². The van der Waals surface area contributed by atoms with E-state index in [1.807, 2.05) is 53.2 Å². The van der Waals surface area contributed by atoms with Crippen molar-refractivity contribution < 1.29 is 9.53 Å². The van der Waals surface area contributed by atoms with Gasteiger partial charge in [-0.3, -0.25) is 4.79 Å². The standard InChI is InChI=1S/C18H22N4O2/c1-20-8-7-19-18(20)22-11-9-21(10-12-22)17(23)15-6-13-24-16-5-3-2-4-14(15)16/h2-5,7-8,15H,6,9-13H2,1H3/t15-/m1/s1.